The molecule has 4 nitrogen and oxygen atoms in total. The average molecular weight is 338 g/mol. The number of carbonyl (C=O) groups excluding carboxylic acids is 2. The minimum Gasteiger partial charge on any atom is -0.324 e. The first kappa shape index (κ1) is 18.7. The number of nitrogens with one attached hydrogen (secondary N) is 1. The minimum absolute atomic E-state index is 0.00788. The van der Waals surface area contributed by atoms with Crippen molar-refractivity contribution in [1.82, 2.24) is 0 Å². The molecule has 0 atom stereocenters. The molecule has 2 aromatic rings. The van der Waals surface area contributed by atoms with Crippen LogP contribution in [0.1, 0.15) is 43.4 Å². The highest BCUT2D eigenvalue weighted by Gasteiger charge is 2.18. The molecule has 0 fully saturated rings. The number of benzene rings is 2. The van der Waals surface area contributed by atoms with Crippen molar-refractivity contribution in [2.75, 3.05) is 16.8 Å². The van der Waals surface area contributed by atoms with Gasteiger partial charge in [-0.3, -0.25) is 9.59 Å². The summed E-state index contributed by atoms with van der Waals surface area (Å²) in [6, 6.07) is 13.7. The number of anilines is 2. The fourth-order valence-electron chi connectivity index (χ4n) is 2.82. The number of carbonyl (C=O) groups is 2. The molecule has 4 heteroatoms. The van der Waals surface area contributed by atoms with Crippen molar-refractivity contribution in [3.05, 3.63) is 59.2 Å². The molecule has 0 aliphatic rings. The predicted molar refractivity (Wildman–Crippen MR) is 103 cm³/mol. The summed E-state index contributed by atoms with van der Waals surface area (Å²) in [4.78, 5) is 26.2. The van der Waals surface area contributed by atoms with Gasteiger partial charge in [0.2, 0.25) is 11.8 Å². The van der Waals surface area contributed by atoms with Gasteiger partial charge in [0, 0.05) is 18.3 Å². The SMILES string of the molecule is CC(=O)N(CC(=O)Nc1ccccc1C(C)C)c1cc(C)ccc1C. The molecule has 0 radical (unpaired) electrons. The van der Waals surface area contributed by atoms with Crippen LogP contribution in [0, 0.1) is 13.8 Å². The second-order valence-corrected chi connectivity index (χ2v) is 6.69. The van der Waals surface area contributed by atoms with Crippen molar-refractivity contribution in [2.45, 2.75) is 40.5 Å². The second kappa shape index (κ2) is 7.97. The Morgan fingerprint density at radius 1 is 1.08 bits per heavy atom. The van der Waals surface area contributed by atoms with E-state index in [9.17, 15) is 9.59 Å². The maximum Gasteiger partial charge on any atom is 0.244 e. The zero-order valence-electron chi connectivity index (χ0n) is 15.6. The third-order valence-electron chi connectivity index (χ3n) is 4.19. The summed E-state index contributed by atoms with van der Waals surface area (Å²) in [5.74, 6) is -0.0513. The molecule has 0 aliphatic heterocycles. The Labute approximate surface area is 149 Å². The van der Waals surface area contributed by atoms with Crippen molar-refractivity contribution in [3.8, 4) is 0 Å². The highest BCUT2D eigenvalue weighted by molar-refractivity contribution is 6.02. The lowest BCUT2D eigenvalue weighted by Gasteiger charge is -2.23. The Bertz CT molecular complexity index is 781. The molecule has 0 unspecified atom stereocenters. The maximum atomic E-state index is 12.6. The summed E-state index contributed by atoms with van der Waals surface area (Å²) >= 11 is 0. The highest BCUT2D eigenvalue weighted by Crippen LogP contribution is 2.25. The van der Waals surface area contributed by atoms with Crippen LogP contribution in [0.3, 0.4) is 0 Å². The summed E-state index contributed by atoms with van der Waals surface area (Å²) in [6.45, 7) is 9.56. The molecular weight excluding hydrogens is 312 g/mol. The van der Waals surface area contributed by atoms with E-state index >= 15 is 0 Å². The lowest BCUT2D eigenvalue weighted by molar-refractivity contribution is -0.120. The van der Waals surface area contributed by atoms with Crippen LogP contribution in [-0.2, 0) is 9.59 Å². The third-order valence-corrected chi connectivity index (χ3v) is 4.19. The van der Waals surface area contributed by atoms with E-state index in [1.165, 1.54) is 11.8 Å². The lowest BCUT2D eigenvalue weighted by atomic mass is 10.0. The van der Waals surface area contributed by atoms with Gasteiger partial charge in [0.25, 0.3) is 0 Å². The smallest absolute Gasteiger partial charge is 0.244 e. The predicted octanol–water partition coefficient (Wildman–Crippen LogP) is 4.42. The average Bonchev–Trinajstić information content (AvgIpc) is 2.55. The van der Waals surface area contributed by atoms with Crippen LogP contribution in [0.4, 0.5) is 11.4 Å². The van der Waals surface area contributed by atoms with E-state index in [-0.39, 0.29) is 18.4 Å². The van der Waals surface area contributed by atoms with E-state index in [1.54, 1.807) is 0 Å². The molecule has 0 bridgehead atoms. The van der Waals surface area contributed by atoms with Crippen LogP contribution in [0.15, 0.2) is 42.5 Å². The Kier molecular flexibility index (Phi) is 5.97. The first-order chi connectivity index (χ1) is 11.8. The van der Waals surface area contributed by atoms with Gasteiger partial charge in [-0.1, -0.05) is 44.2 Å². The highest BCUT2D eigenvalue weighted by atomic mass is 16.2. The van der Waals surface area contributed by atoms with Crippen LogP contribution >= 0.6 is 0 Å². The summed E-state index contributed by atoms with van der Waals surface area (Å²) < 4.78 is 0. The van der Waals surface area contributed by atoms with Crippen LogP contribution in [0.2, 0.25) is 0 Å². The molecule has 2 amide bonds. The molecule has 2 rings (SSSR count). The number of para-hydroxylation sites is 1. The number of aryl methyl sites for hydroxylation is 2. The normalized spacial score (nSPS) is 10.6. The molecule has 0 saturated heterocycles. The van der Waals surface area contributed by atoms with Gasteiger partial charge >= 0.3 is 0 Å². The second-order valence-electron chi connectivity index (χ2n) is 6.69. The lowest BCUT2D eigenvalue weighted by Crippen LogP contribution is -2.37. The molecule has 25 heavy (non-hydrogen) atoms. The fourth-order valence-corrected chi connectivity index (χ4v) is 2.82. The molecule has 0 aromatic heterocycles. The van der Waals surface area contributed by atoms with Gasteiger partial charge in [0.15, 0.2) is 0 Å². The molecule has 1 N–H and O–H groups in total. The van der Waals surface area contributed by atoms with Gasteiger partial charge < -0.3 is 10.2 Å². The molecular formula is C21H26N2O2. The molecule has 0 saturated carbocycles. The Hall–Kier alpha value is -2.62. The first-order valence-corrected chi connectivity index (χ1v) is 8.53. The van der Waals surface area contributed by atoms with E-state index < -0.39 is 0 Å². The first-order valence-electron chi connectivity index (χ1n) is 8.53. The number of rotatable bonds is 5. The van der Waals surface area contributed by atoms with E-state index in [1.807, 2.05) is 56.3 Å². The number of amides is 2. The third kappa shape index (κ3) is 4.69. The number of hydrogen-bond acceptors (Lipinski definition) is 2. The van der Waals surface area contributed by atoms with E-state index in [2.05, 4.69) is 19.2 Å². The monoisotopic (exact) mass is 338 g/mol. The van der Waals surface area contributed by atoms with Crippen molar-refractivity contribution < 1.29 is 9.59 Å². The van der Waals surface area contributed by atoms with Gasteiger partial charge in [0.1, 0.15) is 6.54 Å². The van der Waals surface area contributed by atoms with E-state index in [0.29, 0.717) is 5.92 Å². The van der Waals surface area contributed by atoms with Crippen LogP contribution in [0.5, 0.6) is 0 Å². The van der Waals surface area contributed by atoms with Crippen LogP contribution < -0.4 is 10.2 Å². The standard InChI is InChI=1S/C21H26N2O2/c1-14(2)18-8-6-7-9-19(18)22-21(25)13-23(17(5)24)20-12-15(3)10-11-16(20)4/h6-12,14H,13H2,1-5H3,(H,22,25). The fraction of sp³-hybridized carbons (Fsp3) is 0.333. The molecule has 2 aromatic carbocycles. The number of nitrogens with zero attached hydrogens (tertiary/aromatic N) is 1. The van der Waals surface area contributed by atoms with E-state index in [4.69, 9.17) is 0 Å². The summed E-state index contributed by atoms with van der Waals surface area (Å²) in [6.07, 6.45) is 0. The topological polar surface area (TPSA) is 49.4 Å². The summed E-state index contributed by atoms with van der Waals surface area (Å²) in [5, 5.41) is 2.95. The van der Waals surface area contributed by atoms with Gasteiger partial charge in [-0.25, -0.2) is 0 Å². The zero-order valence-corrected chi connectivity index (χ0v) is 15.6. The van der Waals surface area contributed by atoms with E-state index in [0.717, 1.165) is 28.1 Å². The Morgan fingerprint density at radius 2 is 1.76 bits per heavy atom. The summed E-state index contributed by atoms with van der Waals surface area (Å²) in [5.41, 5.74) is 4.68. The van der Waals surface area contributed by atoms with Crippen molar-refractivity contribution in [2.24, 2.45) is 0 Å². The summed E-state index contributed by atoms with van der Waals surface area (Å²) in [7, 11) is 0. The quantitative estimate of drug-likeness (QED) is 0.877. The van der Waals surface area contributed by atoms with Gasteiger partial charge in [-0.2, -0.15) is 0 Å². The van der Waals surface area contributed by atoms with Gasteiger partial charge in [-0.05, 0) is 48.6 Å². The van der Waals surface area contributed by atoms with Crippen LogP contribution in [0.25, 0.3) is 0 Å². The largest absolute Gasteiger partial charge is 0.324 e. The zero-order chi connectivity index (χ0) is 18.6. The molecule has 0 spiro atoms. The van der Waals surface area contributed by atoms with Gasteiger partial charge in [0.05, 0.1) is 0 Å². The Balaban J connectivity index is 2.22. The Morgan fingerprint density at radius 3 is 2.40 bits per heavy atom. The maximum absolute atomic E-state index is 12.6. The van der Waals surface area contributed by atoms with Crippen LogP contribution in [-0.4, -0.2) is 18.4 Å². The minimum atomic E-state index is -0.204. The van der Waals surface area contributed by atoms with Crippen molar-refractivity contribution in [1.29, 1.82) is 0 Å². The molecule has 0 aliphatic carbocycles. The van der Waals surface area contributed by atoms with Gasteiger partial charge in [-0.15, -0.1) is 0 Å². The van der Waals surface area contributed by atoms with Crippen molar-refractivity contribution >= 4 is 23.2 Å². The number of hydrogen-bond donors (Lipinski definition) is 1. The molecule has 132 valence electrons. The van der Waals surface area contributed by atoms with Crippen molar-refractivity contribution in [3.63, 3.8) is 0 Å². The molecule has 0 heterocycles.